The minimum atomic E-state index is -1.54. The normalized spacial score (nSPS) is 14.4. The molecule has 7 heteroatoms. The summed E-state index contributed by atoms with van der Waals surface area (Å²) in [5.74, 6) is -0.195. The molecule has 0 bridgehead atoms. The van der Waals surface area contributed by atoms with Crippen LogP contribution in [0.3, 0.4) is 0 Å². The number of likely N-dealkylation sites (tertiary alicyclic amines) is 1. The maximum atomic E-state index is 14.3. The van der Waals surface area contributed by atoms with Gasteiger partial charge in [0.1, 0.15) is 5.82 Å². The summed E-state index contributed by atoms with van der Waals surface area (Å²) in [7, 11) is -1.54. The van der Waals surface area contributed by atoms with E-state index in [2.05, 4.69) is 0 Å². The molecule has 0 saturated carbocycles. The Hall–Kier alpha value is -3.00. The Morgan fingerprint density at radius 2 is 1.69 bits per heavy atom. The Balaban J connectivity index is 1.47. The molecule has 5 nitrogen and oxygen atoms in total. The van der Waals surface area contributed by atoms with Gasteiger partial charge in [-0.2, -0.15) is 0 Å². The van der Waals surface area contributed by atoms with E-state index in [0.717, 1.165) is 16.7 Å². The van der Waals surface area contributed by atoms with Gasteiger partial charge in [-0.25, -0.2) is 4.39 Å². The van der Waals surface area contributed by atoms with E-state index in [4.69, 9.17) is 5.73 Å². The molecular formula is C25H26BFN2O3. The van der Waals surface area contributed by atoms with E-state index in [9.17, 15) is 19.2 Å². The van der Waals surface area contributed by atoms with Crippen LogP contribution in [0.5, 0.6) is 0 Å². The number of rotatable bonds is 5. The van der Waals surface area contributed by atoms with Gasteiger partial charge in [0, 0.05) is 25.2 Å². The standard InChI is InChI=1S/C25H26BFN2O3/c27-24-8-7-17(16-28)13-23(24)18-9-11-29(12-10-18)25(30)21-5-1-3-19(14-21)20-4-2-6-22(15-20)26(31)32/h1-8,13-15,18,31-32H,9-12,16,28H2. The van der Waals surface area contributed by atoms with Crippen molar-refractivity contribution in [1.82, 2.24) is 4.90 Å². The predicted octanol–water partition coefficient (Wildman–Crippen LogP) is 2.65. The van der Waals surface area contributed by atoms with E-state index >= 15 is 0 Å². The monoisotopic (exact) mass is 432 g/mol. The number of hydrogen-bond donors (Lipinski definition) is 3. The van der Waals surface area contributed by atoms with Gasteiger partial charge >= 0.3 is 7.12 Å². The Morgan fingerprint density at radius 3 is 2.38 bits per heavy atom. The smallest absolute Gasteiger partial charge is 0.423 e. The molecular weight excluding hydrogens is 406 g/mol. The maximum absolute atomic E-state index is 14.3. The third kappa shape index (κ3) is 4.75. The molecule has 1 aliphatic rings. The number of amides is 1. The first-order chi connectivity index (χ1) is 15.5. The van der Waals surface area contributed by atoms with Crippen LogP contribution in [0.1, 0.15) is 40.2 Å². The van der Waals surface area contributed by atoms with Gasteiger partial charge in [-0.05, 0) is 64.7 Å². The largest absolute Gasteiger partial charge is 0.488 e. The fourth-order valence-electron chi connectivity index (χ4n) is 4.32. The average Bonchev–Trinajstić information content (AvgIpc) is 2.84. The molecule has 0 spiro atoms. The molecule has 3 aromatic rings. The third-order valence-electron chi connectivity index (χ3n) is 6.15. The number of piperidine rings is 1. The highest BCUT2D eigenvalue weighted by Gasteiger charge is 2.26. The first-order valence-corrected chi connectivity index (χ1v) is 10.8. The minimum absolute atomic E-state index is 0.0557. The summed E-state index contributed by atoms with van der Waals surface area (Å²) in [5.41, 5.74) is 9.91. The SMILES string of the molecule is NCc1ccc(F)c(C2CCN(C(=O)c3cccc(-c4cccc(B(O)O)c4)c3)CC2)c1. The van der Waals surface area contributed by atoms with Crippen molar-refractivity contribution in [3.63, 3.8) is 0 Å². The van der Waals surface area contributed by atoms with Crippen molar-refractivity contribution in [3.8, 4) is 11.1 Å². The van der Waals surface area contributed by atoms with Crippen LogP contribution in [-0.2, 0) is 6.54 Å². The molecule has 1 fully saturated rings. The fourth-order valence-corrected chi connectivity index (χ4v) is 4.32. The summed E-state index contributed by atoms with van der Waals surface area (Å²) in [4.78, 5) is 14.9. The maximum Gasteiger partial charge on any atom is 0.488 e. The lowest BCUT2D eigenvalue weighted by Crippen LogP contribution is -2.38. The quantitative estimate of drug-likeness (QED) is 0.541. The number of benzene rings is 3. The Bertz CT molecular complexity index is 1110. The van der Waals surface area contributed by atoms with E-state index in [1.54, 1.807) is 30.3 Å². The molecule has 1 amide bonds. The average molecular weight is 432 g/mol. The Kier molecular flexibility index (Phi) is 6.70. The van der Waals surface area contributed by atoms with Gasteiger partial charge in [-0.15, -0.1) is 0 Å². The summed E-state index contributed by atoms with van der Waals surface area (Å²) in [5, 5.41) is 18.8. The number of nitrogens with two attached hydrogens (primary N) is 1. The molecule has 3 aromatic carbocycles. The summed E-state index contributed by atoms with van der Waals surface area (Å²) >= 11 is 0. The summed E-state index contributed by atoms with van der Waals surface area (Å²) in [6, 6.07) is 19.3. The van der Waals surface area contributed by atoms with E-state index in [1.165, 1.54) is 6.07 Å². The van der Waals surface area contributed by atoms with Crippen LogP contribution in [0.25, 0.3) is 11.1 Å². The molecule has 0 aromatic heterocycles. The van der Waals surface area contributed by atoms with E-state index in [-0.39, 0.29) is 17.6 Å². The Labute approximate surface area is 187 Å². The van der Waals surface area contributed by atoms with Gasteiger partial charge in [0.25, 0.3) is 5.91 Å². The number of halogens is 1. The number of carbonyl (C=O) groups excluding carboxylic acids is 1. The van der Waals surface area contributed by atoms with Crippen LogP contribution in [0, 0.1) is 5.82 Å². The molecule has 1 heterocycles. The predicted molar refractivity (Wildman–Crippen MR) is 124 cm³/mol. The van der Waals surface area contributed by atoms with Crippen LogP contribution in [-0.4, -0.2) is 41.1 Å². The van der Waals surface area contributed by atoms with Crippen LogP contribution in [0.2, 0.25) is 0 Å². The lowest BCUT2D eigenvalue weighted by atomic mass is 9.79. The molecule has 164 valence electrons. The van der Waals surface area contributed by atoms with Crippen LogP contribution < -0.4 is 11.2 Å². The van der Waals surface area contributed by atoms with Crippen molar-refractivity contribution < 1.29 is 19.2 Å². The van der Waals surface area contributed by atoms with Crippen molar-refractivity contribution in [2.75, 3.05) is 13.1 Å². The second-order valence-electron chi connectivity index (χ2n) is 8.21. The van der Waals surface area contributed by atoms with Crippen LogP contribution in [0.15, 0.2) is 66.7 Å². The van der Waals surface area contributed by atoms with Gasteiger partial charge < -0.3 is 20.7 Å². The second-order valence-corrected chi connectivity index (χ2v) is 8.21. The molecule has 1 saturated heterocycles. The van der Waals surface area contributed by atoms with E-state index < -0.39 is 7.12 Å². The van der Waals surface area contributed by atoms with Gasteiger partial charge in [0.05, 0.1) is 0 Å². The summed E-state index contributed by atoms with van der Waals surface area (Å²) in [6.07, 6.45) is 1.40. The lowest BCUT2D eigenvalue weighted by Gasteiger charge is -2.32. The van der Waals surface area contributed by atoms with Crippen molar-refractivity contribution in [1.29, 1.82) is 0 Å². The molecule has 4 N–H and O–H groups in total. The Morgan fingerprint density at radius 1 is 1.00 bits per heavy atom. The second kappa shape index (κ2) is 9.65. The van der Waals surface area contributed by atoms with Crippen LogP contribution >= 0.6 is 0 Å². The van der Waals surface area contributed by atoms with E-state index in [1.807, 2.05) is 35.2 Å². The van der Waals surface area contributed by atoms with Crippen molar-refractivity contribution in [3.05, 3.63) is 89.2 Å². The van der Waals surface area contributed by atoms with Gasteiger partial charge in [-0.3, -0.25) is 4.79 Å². The zero-order chi connectivity index (χ0) is 22.7. The molecule has 0 aliphatic carbocycles. The summed E-state index contributed by atoms with van der Waals surface area (Å²) in [6.45, 7) is 1.50. The first-order valence-electron chi connectivity index (χ1n) is 10.8. The van der Waals surface area contributed by atoms with E-state index in [0.29, 0.717) is 49.1 Å². The number of carbonyl (C=O) groups is 1. The fraction of sp³-hybridized carbons (Fsp3) is 0.240. The highest BCUT2D eigenvalue weighted by Crippen LogP contribution is 2.31. The number of nitrogens with zero attached hydrogens (tertiary/aromatic N) is 1. The summed E-state index contributed by atoms with van der Waals surface area (Å²) < 4.78 is 14.3. The van der Waals surface area contributed by atoms with Crippen LogP contribution in [0.4, 0.5) is 4.39 Å². The molecule has 32 heavy (non-hydrogen) atoms. The molecule has 0 atom stereocenters. The minimum Gasteiger partial charge on any atom is -0.423 e. The van der Waals surface area contributed by atoms with Gasteiger partial charge in [0.15, 0.2) is 0 Å². The van der Waals surface area contributed by atoms with Gasteiger partial charge in [0.2, 0.25) is 0 Å². The zero-order valence-electron chi connectivity index (χ0n) is 17.7. The number of hydrogen-bond acceptors (Lipinski definition) is 4. The highest BCUT2D eigenvalue weighted by molar-refractivity contribution is 6.58. The first kappa shape index (κ1) is 22.2. The third-order valence-corrected chi connectivity index (χ3v) is 6.15. The molecule has 0 radical (unpaired) electrons. The van der Waals surface area contributed by atoms with Crippen molar-refractivity contribution in [2.45, 2.75) is 25.3 Å². The topological polar surface area (TPSA) is 86.8 Å². The zero-order valence-corrected chi connectivity index (χ0v) is 17.7. The van der Waals surface area contributed by atoms with Crippen molar-refractivity contribution in [2.24, 2.45) is 5.73 Å². The van der Waals surface area contributed by atoms with Crippen molar-refractivity contribution >= 4 is 18.5 Å². The molecule has 4 rings (SSSR count). The lowest BCUT2D eigenvalue weighted by molar-refractivity contribution is 0.0712. The highest BCUT2D eigenvalue weighted by atomic mass is 19.1. The molecule has 1 aliphatic heterocycles. The molecule has 0 unspecified atom stereocenters. The van der Waals surface area contributed by atoms with Gasteiger partial charge in [-0.1, -0.05) is 48.5 Å².